The van der Waals surface area contributed by atoms with Gasteiger partial charge in [0.05, 0.1) is 31.1 Å². The first-order valence-corrected chi connectivity index (χ1v) is 11.6. The van der Waals surface area contributed by atoms with Crippen LogP contribution in [-0.4, -0.2) is 51.4 Å². The van der Waals surface area contributed by atoms with Crippen LogP contribution in [0.1, 0.15) is 0 Å². The van der Waals surface area contributed by atoms with Gasteiger partial charge in [-0.15, -0.1) is 0 Å². The fourth-order valence-corrected chi connectivity index (χ4v) is 5.24. The molecule has 0 bridgehead atoms. The first kappa shape index (κ1) is 20.8. The van der Waals surface area contributed by atoms with Gasteiger partial charge in [-0.05, 0) is 47.2 Å². The van der Waals surface area contributed by atoms with Crippen LogP contribution in [0.4, 0.5) is 5.69 Å². The van der Waals surface area contributed by atoms with Crippen molar-refractivity contribution in [3.63, 3.8) is 0 Å². The van der Waals surface area contributed by atoms with E-state index in [0.717, 1.165) is 21.4 Å². The number of nitrogens with one attached hydrogen (secondary N) is 2. The van der Waals surface area contributed by atoms with Crippen LogP contribution in [0.5, 0.6) is 0 Å². The average Bonchev–Trinajstić information content (AvgIpc) is 2.74. The van der Waals surface area contributed by atoms with Gasteiger partial charge < -0.3 is 10.2 Å². The van der Waals surface area contributed by atoms with Gasteiger partial charge in [0, 0.05) is 10.7 Å². The van der Waals surface area contributed by atoms with Crippen molar-refractivity contribution in [3.05, 3.63) is 71.8 Å². The molecule has 1 aliphatic rings. The van der Waals surface area contributed by atoms with Crippen LogP contribution >= 0.6 is 11.6 Å². The van der Waals surface area contributed by atoms with Crippen molar-refractivity contribution in [3.8, 4) is 0 Å². The Kier molecular flexibility index (Phi) is 6.06. The number of benzene rings is 3. The lowest BCUT2D eigenvalue weighted by Gasteiger charge is -2.31. The van der Waals surface area contributed by atoms with Crippen molar-refractivity contribution in [2.75, 3.05) is 38.0 Å². The van der Waals surface area contributed by atoms with Crippen molar-refractivity contribution < 1.29 is 18.1 Å². The Bertz CT molecular complexity index is 1160. The van der Waals surface area contributed by atoms with Crippen LogP contribution in [0.25, 0.3) is 10.8 Å². The minimum Gasteiger partial charge on any atom is -0.325 e. The maximum absolute atomic E-state index is 12.8. The highest BCUT2D eigenvalue weighted by molar-refractivity contribution is 7.89. The minimum absolute atomic E-state index is 0.0747. The summed E-state index contributed by atoms with van der Waals surface area (Å²) in [5.41, 5.74) is 0.766. The molecule has 156 valence electrons. The van der Waals surface area contributed by atoms with Gasteiger partial charge in [0.15, 0.2) is 6.54 Å². The average molecular weight is 445 g/mol. The Morgan fingerprint density at radius 3 is 2.33 bits per heavy atom. The van der Waals surface area contributed by atoms with E-state index in [9.17, 15) is 13.2 Å². The first-order chi connectivity index (χ1) is 14.4. The van der Waals surface area contributed by atoms with E-state index in [1.165, 1.54) is 16.4 Å². The van der Waals surface area contributed by atoms with E-state index in [0.29, 0.717) is 37.7 Å². The van der Waals surface area contributed by atoms with Gasteiger partial charge in [-0.1, -0.05) is 41.9 Å². The van der Waals surface area contributed by atoms with Gasteiger partial charge in [-0.25, -0.2) is 8.42 Å². The monoisotopic (exact) mass is 444 g/mol. The summed E-state index contributed by atoms with van der Waals surface area (Å²) < 4.78 is 27.0. The van der Waals surface area contributed by atoms with Crippen LogP contribution in [-0.2, 0) is 14.8 Å². The van der Waals surface area contributed by atoms with Crippen LogP contribution in [0.15, 0.2) is 71.6 Å². The number of rotatable bonds is 5. The molecule has 30 heavy (non-hydrogen) atoms. The number of quaternary nitrogens is 1. The molecule has 6 nitrogen and oxygen atoms in total. The standard InChI is InChI=1S/C22H22ClN3O3S/c23-19-6-9-21(10-7-19)30(28,29)26-13-11-25(12-14-26)16-22(27)24-20-8-5-17-3-1-2-4-18(17)15-20/h1-10,15H,11-14,16H2,(H,24,27)/p+1. The molecule has 3 aromatic rings. The number of carbonyl (C=O) groups is 1. The molecule has 2 N–H and O–H groups in total. The van der Waals surface area contributed by atoms with E-state index in [1.54, 1.807) is 12.1 Å². The molecule has 1 fully saturated rings. The number of piperazine rings is 1. The summed E-state index contributed by atoms with van der Waals surface area (Å²) in [6, 6.07) is 20.0. The van der Waals surface area contributed by atoms with Gasteiger partial charge >= 0.3 is 0 Å². The summed E-state index contributed by atoms with van der Waals surface area (Å²) in [7, 11) is -3.54. The van der Waals surface area contributed by atoms with Crippen LogP contribution < -0.4 is 10.2 Å². The summed E-state index contributed by atoms with van der Waals surface area (Å²) in [5.74, 6) is -0.0747. The molecule has 1 aliphatic heterocycles. The number of nitrogens with zero attached hydrogens (tertiary/aromatic N) is 1. The van der Waals surface area contributed by atoms with Crippen LogP contribution in [0, 0.1) is 0 Å². The van der Waals surface area contributed by atoms with Crippen molar-refractivity contribution >= 4 is 44.0 Å². The Morgan fingerprint density at radius 2 is 1.63 bits per heavy atom. The molecule has 0 aliphatic carbocycles. The van der Waals surface area contributed by atoms with Gasteiger partial charge in [0.2, 0.25) is 10.0 Å². The van der Waals surface area contributed by atoms with E-state index in [1.807, 2.05) is 42.5 Å². The van der Waals surface area contributed by atoms with E-state index in [2.05, 4.69) is 5.32 Å². The second-order valence-electron chi connectivity index (χ2n) is 7.39. The quantitative estimate of drug-likeness (QED) is 0.632. The molecule has 8 heteroatoms. The smallest absolute Gasteiger partial charge is 0.279 e. The van der Waals surface area contributed by atoms with Crippen molar-refractivity contribution in [2.24, 2.45) is 0 Å². The third-order valence-corrected chi connectivity index (χ3v) is 7.49. The zero-order valence-electron chi connectivity index (χ0n) is 16.3. The fraction of sp³-hybridized carbons (Fsp3) is 0.227. The Morgan fingerprint density at radius 1 is 0.967 bits per heavy atom. The largest absolute Gasteiger partial charge is 0.325 e. The topological polar surface area (TPSA) is 70.9 Å². The summed E-state index contributed by atoms with van der Waals surface area (Å²) in [6.07, 6.45) is 0. The molecule has 1 saturated heterocycles. The SMILES string of the molecule is O=C(C[NH+]1CCN(S(=O)(=O)c2ccc(Cl)cc2)CC1)Nc1ccc2ccccc2c1. The highest BCUT2D eigenvalue weighted by Crippen LogP contribution is 2.19. The predicted octanol–water partition coefficient (Wildman–Crippen LogP) is 2.02. The van der Waals surface area contributed by atoms with Crippen molar-refractivity contribution in [2.45, 2.75) is 4.90 Å². The summed E-state index contributed by atoms with van der Waals surface area (Å²) in [5, 5.41) is 5.65. The lowest BCUT2D eigenvalue weighted by Crippen LogP contribution is -3.15. The lowest BCUT2D eigenvalue weighted by atomic mass is 10.1. The molecule has 3 aromatic carbocycles. The van der Waals surface area contributed by atoms with Gasteiger partial charge in [0.1, 0.15) is 0 Å². The molecule has 0 radical (unpaired) electrons. The number of carbonyl (C=O) groups excluding carboxylic acids is 1. The molecule has 4 rings (SSSR count). The maximum Gasteiger partial charge on any atom is 0.279 e. The lowest BCUT2D eigenvalue weighted by molar-refractivity contribution is -0.895. The van der Waals surface area contributed by atoms with Crippen molar-refractivity contribution in [1.82, 2.24) is 4.31 Å². The van der Waals surface area contributed by atoms with Crippen LogP contribution in [0.2, 0.25) is 5.02 Å². The van der Waals surface area contributed by atoms with Gasteiger partial charge in [-0.3, -0.25) is 4.79 Å². The molecule has 1 heterocycles. The molecular weight excluding hydrogens is 422 g/mol. The number of hydrogen-bond donors (Lipinski definition) is 2. The second-order valence-corrected chi connectivity index (χ2v) is 9.77. The number of fused-ring (bicyclic) bond motifs is 1. The number of halogens is 1. The number of hydrogen-bond acceptors (Lipinski definition) is 3. The molecular formula is C22H23ClN3O3S+. The summed E-state index contributed by atoms with van der Waals surface area (Å²) in [4.78, 5) is 13.8. The van der Waals surface area contributed by atoms with E-state index >= 15 is 0 Å². The Balaban J connectivity index is 1.32. The van der Waals surface area contributed by atoms with E-state index in [4.69, 9.17) is 11.6 Å². The molecule has 0 saturated carbocycles. The molecule has 1 amide bonds. The third kappa shape index (κ3) is 4.65. The second kappa shape index (κ2) is 8.73. The first-order valence-electron chi connectivity index (χ1n) is 9.80. The number of amides is 1. The molecule has 0 unspecified atom stereocenters. The van der Waals surface area contributed by atoms with E-state index < -0.39 is 10.0 Å². The molecule has 0 atom stereocenters. The highest BCUT2D eigenvalue weighted by Gasteiger charge is 2.31. The highest BCUT2D eigenvalue weighted by atomic mass is 35.5. The Hall–Kier alpha value is -2.45. The summed E-state index contributed by atoms with van der Waals surface area (Å²) >= 11 is 5.85. The zero-order valence-corrected chi connectivity index (χ0v) is 17.9. The van der Waals surface area contributed by atoms with Crippen molar-refractivity contribution in [1.29, 1.82) is 0 Å². The number of sulfonamides is 1. The van der Waals surface area contributed by atoms with Crippen LogP contribution in [0.3, 0.4) is 0 Å². The molecule has 0 spiro atoms. The normalized spacial score (nSPS) is 15.9. The maximum atomic E-state index is 12.8. The van der Waals surface area contributed by atoms with Gasteiger partial charge in [0.25, 0.3) is 5.91 Å². The number of anilines is 1. The molecule has 0 aromatic heterocycles. The van der Waals surface area contributed by atoms with E-state index in [-0.39, 0.29) is 10.8 Å². The zero-order chi connectivity index (χ0) is 21.1. The minimum atomic E-state index is -3.54. The van der Waals surface area contributed by atoms with Gasteiger partial charge in [-0.2, -0.15) is 4.31 Å². The predicted molar refractivity (Wildman–Crippen MR) is 118 cm³/mol. The third-order valence-electron chi connectivity index (χ3n) is 5.32. The Labute approximate surface area is 181 Å². The summed E-state index contributed by atoms with van der Waals surface area (Å²) in [6.45, 7) is 2.23. The fourth-order valence-electron chi connectivity index (χ4n) is 3.67.